The third-order valence-electron chi connectivity index (χ3n) is 5.02. The number of ether oxygens (including phenoxy) is 1. The minimum absolute atomic E-state index is 0.125. The molecule has 180 valence electrons. The van der Waals surface area contributed by atoms with Crippen molar-refractivity contribution in [2.45, 2.75) is 45.3 Å². The molecular weight excluding hydrogens is 432 g/mol. The lowest BCUT2D eigenvalue weighted by molar-refractivity contribution is -0.115. The average molecular weight is 465 g/mol. The molecule has 8 nitrogen and oxygen atoms in total. The van der Waals surface area contributed by atoms with Crippen LogP contribution < -0.4 is 5.32 Å². The molecule has 1 atom stereocenters. The molecule has 0 aliphatic rings. The maximum absolute atomic E-state index is 12.8. The van der Waals surface area contributed by atoms with Crippen LogP contribution in [0.4, 0.5) is 10.5 Å². The maximum Gasteiger partial charge on any atom is 0.410 e. The Bertz CT molecular complexity index is 1040. The van der Waals surface area contributed by atoms with Crippen molar-refractivity contribution >= 4 is 17.7 Å². The fraction of sp³-hybridized carbons (Fsp3) is 0.346. The van der Waals surface area contributed by atoms with Crippen LogP contribution in [0.2, 0.25) is 0 Å². The summed E-state index contributed by atoms with van der Waals surface area (Å²) >= 11 is 0. The van der Waals surface area contributed by atoms with Crippen LogP contribution in [0.5, 0.6) is 0 Å². The normalized spacial score (nSPS) is 12.1. The Labute approximate surface area is 200 Å². The standard InChI is InChI=1S/C26H32N4O4/c1-26(2,3)34-25(33)30(18-22(31)20-7-5-4-6-8-20)16-13-19-9-11-21(12-10-19)29-24(32)17-23-27-14-15-28-23/h4-12,14-15,22,31H,13,16-18H2,1-3H3,(H,27,28)(H,29,32)/t22-/m0/s1. The van der Waals surface area contributed by atoms with Gasteiger partial charge in [-0.2, -0.15) is 0 Å². The number of nitrogens with one attached hydrogen (secondary N) is 2. The van der Waals surface area contributed by atoms with E-state index in [0.717, 1.165) is 11.1 Å². The van der Waals surface area contributed by atoms with Crippen LogP contribution in [-0.4, -0.2) is 50.7 Å². The van der Waals surface area contributed by atoms with Crippen LogP contribution in [0.15, 0.2) is 67.0 Å². The van der Waals surface area contributed by atoms with Crippen molar-refractivity contribution < 1.29 is 19.4 Å². The molecule has 0 fully saturated rings. The van der Waals surface area contributed by atoms with Crippen LogP contribution in [0.25, 0.3) is 0 Å². The number of anilines is 1. The van der Waals surface area contributed by atoms with Gasteiger partial charge in [0.15, 0.2) is 0 Å². The summed E-state index contributed by atoms with van der Waals surface area (Å²) in [7, 11) is 0. The van der Waals surface area contributed by atoms with E-state index in [-0.39, 0.29) is 18.9 Å². The van der Waals surface area contributed by atoms with E-state index < -0.39 is 17.8 Å². The molecule has 2 aromatic carbocycles. The summed E-state index contributed by atoms with van der Waals surface area (Å²) in [4.78, 5) is 33.4. The minimum atomic E-state index is -0.819. The number of carbonyl (C=O) groups excluding carboxylic acids is 2. The molecule has 0 saturated heterocycles. The average Bonchev–Trinajstić information content (AvgIpc) is 3.29. The SMILES string of the molecule is CC(C)(C)OC(=O)N(CCc1ccc(NC(=O)Cc2ncc[nH]2)cc1)C[C@H](O)c1ccccc1. The van der Waals surface area contributed by atoms with Gasteiger partial charge in [-0.25, -0.2) is 9.78 Å². The molecule has 0 saturated carbocycles. The zero-order chi connectivity index (χ0) is 24.6. The van der Waals surface area contributed by atoms with Crippen LogP contribution >= 0.6 is 0 Å². The van der Waals surface area contributed by atoms with Crippen molar-refractivity contribution in [3.8, 4) is 0 Å². The molecule has 1 heterocycles. The number of H-pyrrole nitrogens is 1. The third kappa shape index (κ3) is 8.04. The second-order valence-electron chi connectivity index (χ2n) is 9.06. The van der Waals surface area contributed by atoms with Crippen molar-refractivity contribution in [1.82, 2.24) is 14.9 Å². The molecule has 0 aliphatic carbocycles. The molecule has 0 aliphatic heterocycles. The van der Waals surface area contributed by atoms with E-state index in [2.05, 4.69) is 15.3 Å². The molecule has 8 heteroatoms. The number of aromatic nitrogens is 2. The molecule has 0 radical (unpaired) electrons. The Morgan fingerprint density at radius 1 is 1.12 bits per heavy atom. The summed E-state index contributed by atoms with van der Waals surface area (Å²) < 4.78 is 5.55. The monoisotopic (exact) mass is 464 g/mol. The van der Waals surface area contributed by atoms with Crippen molar-refractivity contribution in [3.63, 3.8) is 0 Å². The highest BCUT2D eigenvalue weighted by Gasteiger charge is 2.24. The van der Waals surface area contributed by atoms with E-state index in [4.69, 9.17) is 4.74 Å². The molecule has 0 unspecified atom stereocenters. The van der Waals surface area contributed by atoms with E-state index in [1.807, 2.05) is 75.4 Å². The van der Waals surface area contributed by atoms with E-state index in [1.165, 1.54) is 4.90 Å². The number of benzene rings is 2. The highest BCUT2D eigenvalue weighted by atomic mass is 16.6. The molecule has 0 spiro atoms. The minimum Gasteiger partial charge on any atom is -0.444 e. The first-order chi connectivity index (χ1) is 16.2. The summed E-state index contributed by atoms with van der Waals surface area (Å²) in [6.07, 6.45) is 2.74. The Hall–Kier alpha value is -3.65. The molecule has 3 rings (SSSR count). The molecule has 1 aromatic heterocycles. The molecule has 3 aromatic rings. The highest BCUT2D eigenvalue weighted by Crippen LogP contribution is 2.18. The van der Waals surface area contributed by atoms with Gasteiger partial charge in [0, 0.05) is 24.6 Å². The van der Waals surface area contributed by atoms with Gasteiger partial charge in [-0.15, -0.1) is 0 Å². The van der Waals surface area contributed by atoms with Gasteiger partial charge in [-0.3, -0.25) is 4.79 Å². The van der Waals surface area contributed by atoms with Gasteiger partial charge in [-0.1, -0.05) is 42.5 Å². The lowest BCUT2D eigenvalue weighted by Crippen LogP contribution is -2.40. The van der Waals surface area contributed by atoms with E-state index in [9.17, 15) is 14.7 Å². The predicted molar refractivity (Wildman–Crippen MR) is 130 cm³/mol. The third-order valence-corrected chi connectivity index (χ3v) is 5.02. The van der Waals surface area contributed by atoms with Crippen LogP contribution in [0.1, 0.15) is 43.8 Å². The number of hydrogen-bond acceptors (Lipinski definition) is 5. The number of rotatable bonds is 9. The lowest BCUT2D eigenvalue weighted by Gasteiger charge is -2.29. The maximum atomic E-state index is 12.8. The fourth-order valence-electron chi connectivity index (χ4n) is 3.34. The van der Waals surface area contributed by atoms with Crippen LogP contribution in [0.3, 0.4) is 0 Å². The number of hydrogen-bond donors (Lipinski definition) is 3. The second-order valence-corrected chi connectivity index (χ2v) is 9.06. The number of carbonyl (C=O) groups is 2. The Morgan fingerprint density at radius 3 is 2.44 bits per heavy atom. The van der Waals surface area contributed by atoms with Gasteiger partial charge in [0.1, 0.15) is 11.4 Å². The van der Waals surface area contributed by atoms with Crippen molar-refractivity contribution in [1.29, 1.82) is 0 Å². The van der Waals surface area contributed by atoms with Gasteiger partial charge >= 0.3 is 6.09 Å². The predicted octanol–water partition coefficient (Wildman–Crippen LogP) is 4.10. The number of nitrogens with zero attached hydrogens (tertiary/aromatic N) is 2. The van der Waals surface area contributed by atoms with E-state index in [1.54, 1.807) is 12.4 Å². The zero-order valence-electron chi connectivity index (χ0n) is 19.8. The number of aromatic amines is 1. The van der Waals surface area contributed by atoms with E-state index >= 15 is 0 Å². The first-order valence-corrected chi connectivity index (χ1v) is 11.3. The number of aliphatic hydroxyl groups is 1. The Morgan fingerprint density at radius 2 is 1.82 bits per heavy atom. The zero-order valence-corrected chi connectivity index (χ0v) is 19.8. The Kier molecular flexibility index (Phi) is 8.43. The van der Waals surface area contributed by atoms with Gasteiger partial charge in [0.25, 0.3) is 0 Å². The second kappa shape index (κ2) is 11.5. The number of amides is 2. The lowest BCUT2D eigenvalue weighted by atomic mass is 10.1. The van der Waals surface area contributed by atoms with Gasteiger partial charge in [-0.05, 0) is 50.5 Å². The van der Waals surface area contributed by atoms with Crippen LogP contribution in [-0.2, 0) is 22.4 Å². The number of imidazole rings is 1. The summed E-state index contributed by atoms with van der Waals surface area (Å²) in [5.41, 5.74) is 1.78. The van der Waals surface area contributed by atoms with Crippen molar-refractivity contribution in [3.05, 3.63) is 83.9 Å². The summed E-state index contributed by atoms with van der Waals surface area (Å²) in [5.74, 6) is 0.447. The van der Waals surface area contributed by atoms with Gasteiger partial charge < -0.3 is 25.0 Å². The molecule has 0 bridgehead atoms. The topological polar surface area (TPSA) is 108 Å². The van der Waals surface area contributed by atoms with Gasteiger partial charge in [0.05, 0.1) is 19.1 Å². The highest BCUT2D eigenvalue weighted by molar-refractivity contribution is 5.91. The fourth-order valence-corrected chi connectivity index (χ4v) is 3.34. The molecular formula is C26H32N4O4. The van der Waals surface area contributed by atoms with Crippen molar-refractivity contribution in [2.24, 2.45) is 0 Å². The van der Waals surface area contributed by atoms with Crippen molar-refractivity contribution in [2.75, 3.05) is 18.4 Å². The summed E-state index contributed by atoms with van der Waals surface area (Å²) in [5, 5.41) is 13.5. The summed E-state index contributed by atoms with van der Waals surface area (Å²) in [6, 6.07) is 16.7. The smallest absolute Gasteiger partial charge is 0.410 e. The Balaban J connectivity index is 1.59. The molecule has 3 N–H and O–H groups in total. The summed E-state index contributed by atoms with van der Waals surface area (Å²) in [6.45, 7) is 5.95. The molecule has 2 amide bonds. The quantitative estimate of drug-likeness (QED) is 0.442. The number of aliphatic hydroxyl groups excluding tert-OH is 1. The first kappa shape index (κ1) is 25.0. The van der Waals surface area contributed by atoms with Gasteiger partial charge in [0.2, 0.25) is 5.91 Å². The van der Waals surface area contributed by atoms with Crippen LogP contribution in [0, 0.1) is 0 Å². The largest absolute Gasteiger partial charge is 0.444 e. The van der Waals surface area contributed by atoms with E-state index in [0.29, 0.717) is 24.5 Å². The molecule has 34 heavy (non-hydrogen) atoms. The first-order valence-electron chi connectivity index (χ1n) is 11.3.